The number of aromatic nitrogens is 5. The number of anilines is 1. The van der Waals surface area contributed by atoms with Crippen LogP contribution in [0, 0.1) is 11.8 Å². The fourth-order valence-electron chi connectivity index (χ4n) is 3.56. The average molecular weight is 409 g/mol. The summed E-state index contributed by atoms with van der Waals surface area (Å²) in [4.78, 5) is 18.2. The Kier molecular flexibility index (Phi) is 4.85. The van der Waals surface area contributed by atoms with E-state index in [0.717, 1.165) is 0 Å². The number of hydrogen-bond donors (Lipinski definition) is 1. The summed E-state index contributed by atoms with van der Waals surface area (Å²) in [7, 11) is 0. The number of fused-ring (bicyclic) bond motifs is 1. The van der Waals surface area contributed by atoms with Gasteiger partial charge >= 0.3 is 0 Å². The normalized spacial score (nSPS) is 21.8. The maximum absolute atomic E-state index is 14.3. The number of halogens is 4. The third kappa shape index (κ3) is 3.39. The molecule has 2 N–H and O–H groups in total. The lowest BCUT2D eigenvalue weighted by molar-refractivity contribution is -0.108. The average Bonchev–Trinajstić information content (AvgIpc) is 3.13. The Labute approximate surface area is 163 Å². The lowest BCUT2D eigenvalue weighted by Crippen LogP contribution is -2.55. The molecule has 2 unspecified atom stereocenters. The minimum atomic E-state index is -2.86. The van der Waals surface area contributed by atoms with Crippen LogP contribution in [0.1, 0.15) is 19.0 Å². The molecule has 154 valence electrons. The second kappa shape index (κ2) is 7.21. The van der Waals surface area contributed by atoms with Crippen molar-refractivity contribution >= 4 is 11.6 Å². The van der Waals surface area contributed by atoms with Gasteiger partial charge in [0, 0.05) is 37.9 Å². The summed E-state index contributed by atoms with van der Waals surface area (Å²) in [6.07, 6.45) is 2.74. The van der Waals surface area contributed by atoms with Gasteiger partial charge in [0.05, 0.1) is 29.7 Å². The molecule has 2 atom stereocenters. The van der Waals surface area contributed by atoms with Crippen LogP contribution in [0.5, 0.6) is 0 Å². The number of hydrogen-bond acceptors (Lipinski definition) is 6. The fourth-order valence-corrected chi connectivity index (χ4v) is 3.56. The summed E-state index contributed by atoms with van der Waals surface area (Å²) in [6.45, 7) is 1.44. The monoisotopic (exact) mass is 409 g/mol. The molecule has 1 aliphatic rings. The summed E-state index contributed by atoms with van der Waals surface area (Å²) in [5.74, 6) is -4.49. The number of imidazole rings is 1. The Morgan fingerprint density at radius 2 is 2.00 bits per heavy atom. The van der Waals surface area contributed by atoms with E-state index in [9.17, 15) is 17.6 Å². The maximum Gasteiger partial charge on any atom is 0.281 e. The van der Waals surface area contributed by atoms with Crippen LogP contribution in [-0.2, 0) is 0 Å². The second-order valence-corrected chi connectivity index (χ2v) is 7.14. The lowest BCUT2D eigenvalue weighted by atomic mass is 9.86. The van der Waals surface area contributed by atoms with Crippen molar-refractivity contribution < 1.29 is 17.6 Å². The molecule has 0 aromatic carbocycles. The zero-order valence-electron chi connectivity index (χ0n) is 15.5. The van der Waals surface area contributed by atoms with Gasteiger partial charge in [0.25, 0.3) is 12.3 Å². The van der Waals surface area contributed by atoms with Gasteiger partial charge in [0.2, 0.25) is 5.95 Å². The molecular weight excluding hydrogens is 390 g/mol. The quantitative estimate of drug-likeness (QED) is 0.667. The van der Waals surface area contributed by atoms with Crippen LogP contribution in [-0.4, -0.2) is 49.9 Å². The molecule has 4 heterocycles. The Bertz CT molecular complexity index is 1020. The Hall–Kier alpha value is -2.82. The van der Waals surface area contributed by atoms with E-state index in [1.54, 1.807) is 11.0 Å². The van der Waals surface area contributed by atoms with Gasteiger partial charge in [-0.1, -0.05) is 6.92 Å². The minimum Gasteiger partial charge on any atom is -0.340 e. The van der Waals surface area contributed by atoms with E-state index in [0.29, 0.717) is 17.0 Å². The van der Waals surface area contributed by atoms with Crippen molar-refractivity contribution in [2.24, 2.45) is 17.6 Å². The van der Waals surface area contributed by atoms with E-state index < -0.39 is 24.2 Å². The third-order valence-electron chi connectivity index (χ3n) is 5.25. The Morgan fingerprint density at radius 3 is 2.72 bits per heavy atom. The highest BCUT2D eigenvalue weighted by Gasteiger charge is 2.49. The van der Waals surface area contributed by atoms with Crippen LogP contribution in [0.3, 0.4) is 0 Å². The summed E-state index contributed by atoms with van der Waals surface area (Å²) in [5, 5.41) is 0. The highest BCUT2D eigenvalue weighted by atomic mass is 19.3. The van der Waals surface area contributed by atoms with Gasteiger partial charge in [-0.2, -0.15) is 0 Å². The molecule has 0 spiro atoms. The smallest absolute Gasteiger partial charge is 0.281 e. The van der Waals surface area contributed by atoms with Crippen molar-refractivity contribution in [1.82, 2.24) is 24.3 Å². The minimum absolute atomic E-state index is 0.0316. The Morgan fingerprint density at radius 1 is 1.21 bits per heavy atom. The molecule has 1 fully saturated rings. The number of nitrogens with two attached hydrogens (primary N) is 1. The van der Waals surface area contributed by atoms with E-state index in [1.165, 1.54) is 36.1 Å². The molecule has 1 aliphatic heterocycles. The topological polar surface area (TPSA) is 85.2 Å². The van der Waals surface area contributed by atoms with E-state index in [2.05, 4.69) is 19.9 Å². The fraction of sp³-hybridized carbons (Fsp3) is 0.444. The Balaban J connectivity index is 1.70. The molecule has 0 aliphatic carbocycles. The van der Waals surface area contributed by atoms with Crippen molar-refractivity contribution in [3.8, 4) is 11.4 Å². The molecule has 0 saturated carbocycles. The van der Waals surface area contributed by atoms with Crippen LogP contribution in [0.2, 0.25) is 0 Å². The molecule has 3 aromatic rings. The number of alkyl halides is 4. The van der Waals surface area contributed by atoms with Crippen molar-refractivity contribution in [2.45, 2.75) is 19.3 Å². The summed E-state index contributed by atoms with van der Waals surface area (Å²) in [5.41, 5.74) is 6.47. The number of nitrogens with zero attached hydrogens (tertiary/aromatic N) is 6. The highest BCUT2D eigenvalue weighted by molar-refractivity contribution is 5.60. The lowest BCUT2D eigenvalue weighted by Gasteiger charge is -2.42. The molecule has 0 radical (unpaired) electrons. The van der Waals surface area contributed by atoms with Gasteiger partial charge in [-0.05, 0) is 6.07 Å². The SMILES string of the molecule is CC1CN(c2nccc(-c3cnc4cnc(C(F)F)cn34)n2)CC(CN)C1(F)F. The predicted molar refractivity (Wildman–Crippen MR) is 97.8 cm³/mol. The molecule has 0 amide bonds. The highest BCUT2D eigenvalue weighted by Crippen LogP contribution is 2.38. The largest absolute Gasteiger partial charge is 0.340 e. The predicted octanol–water partition coefficient (Wildman–Crippen LogP) is 2.79. The van der Waals surface area contributed by atoms with Crippen molar-refractivity contribution in [3.63, 3.8) is 0 Å². The summed E-state index contributed by atoms with van der Waals surface area (Å²) in [6, 6.07) is 1.61. The van der Waals surface area contributed by atoms with Gasteiger partial charge in [-0.15, -0.1) is 0 Å². The second-order valence-electron chi connectivity index (χ2n) is 7.14. The van der Waals surface area contributed by atoms with Gasteiger partial charge in [-0.25, -0.2) is 37.5 Å². The molecular formula is C18H19F4N7. The molecule has 0 bridgehead atoms. The van der Waals surface area contributed by atoms with Gasteiger partial charge in [0.1, 0.15) is 5.69 Å². The van der Waals surface area contributed by atoms with E-state index >= 15 is 0 Å². The van der Waals surface area contributed by atoms with E-state index in [1.807, 2.05) is 0 Å². The van der Waals surface area contributed by atoms with Crippen LogP contribution in [0.25, 0.3) is 17.0 Å². The van der Waals surface area contributed by atoms with Crippen LogP contribution in [0.15, 0.2) is 30.9 Å². The molecule has 3 aromatic heterocycles. The van der Waals surface area contributed by atoms with E-state index in [-0.39, 0.29) is 31.3 Å². The first-order valence-corrected chi connectivity index (χ1v) is 9.08. The molecule has 11 heteroatoms. The van der Waals surface area contributed by atoms with Crippen LogP contribution < -0.4 is 10.6 Å². The number of piperidine rings is 1. The molecule has 1 saturated heterocycles. The molecule has 7 nitrogen and oxygen atoms in total. The van der Waals surface area contributed by atoms with Crippen LogP contribution >= 0.6 is 0 Å². The third-order valence-corrected chi connectivity index (χ3v) is 5.25. The van der Waals surface area contributed by atoms with Crippen molar-refractivity contribution in [3.05, 3.63) is 36.5 Å². The first-order chi connectivity index (χ1) is 13.8. The van der Waals surface area contributed by atoms with Crippen molar-refractivity contribution in [2.75, 3.05) is 24.5 Å². The first-order valence-electron chi connectivity index (χ1n) is 9.08. The van der Waals surface area contributed by atoms with Gasteiger partial charge in [0.15, 0.2) is 5.65 Å². The van der Waals surface area contributed by atoms with E-state index in [4.69, 9.17) is 5.73 Å². The van der Waals surface area contributed by atoms with Gasteiger partial charge in [-0.3, -0.25) is 4.40 Å². The zero-order chi connectivity index (χ0) is 20.8. The summed E-state index contributed by atoms with van der Waals surface area (Å²) < 4.78 is 56.1. The molecule has 29 heavy (non-hydrogen) atoms. The first kappa shape index (κ1) is 19.5. The molecule has 4 rings (SSSR count). The standard InChI is InChI=1S/C18H19F4N7/c1-10-7-28(8-11(4-23)18(10,21)22)17-24-3-2-12(27-17)14-5-26-15-6-25-13(16(19)20)9-29(14)15/h2-3,5-6,9-11,16H,4,7-8,23H2,1H3. The van der Waals surface area contributed by atoms with Crippen molar-refractivity contribution in [1.29, 1.82) is 0 Å². The van der Waals surface area contributed by atoms with Crippen LogP contribution in [0.4, 0.5) is 23.5 Å². The van der Waals surface area contributed by atoms with Gasteiger partial charge < -0.3 is 10.6 Å². The zero-order valence-corrected chi connectivity index (χ0v) is 15.5. The summed E-state index contributed by atoms with van der Waals surface area (Å²) >= 11 is 0. The number of rotatable bonds is 4. The maximum atomic E-state index is 14.3.